The molecule has 1 aromatic heterocycles. The molecule has 0 atom stereocenters. The average Bonchev–Trinajstić information content (AvgIpc) is 3.19. The summed E-state index contributed by atoms with van der Waals surface area (Å²) in [7, 11) is 1.80. The van der Waals surface area contributed by atoms with Gasteiger partial charge in [0, 0.05) is 34.7 Å². The highest BCUT2D eigenvalue weighted by atomic mass is 35.5. The Bertz CT molecular complexity index is 631. The van der Waals surface area contributed by atoms with Crippen LogP contribution in [0.4, 0.5) is 0 Å². The van der Waals surface area contributed by atoms with E-state index < -0.39 is 0 Å². The molecule has 3 rings (SSSR count). The molecule has 0 amide bonds. The third-order valence-electron chi connectivity index (χ3n) is 3.22. The van der Waals surface area contributed by atoms with Gasteiger partial charge in [-0.25, -0.2) is 4.98 Å². The van der Waals surface area contributed by atoms with E-state index in [9.17, 15) is 0 Å². The smallest absolute Gasteiger partial charge is 0.191 e. The van der Waals surface area contributed by atoms with Gasteiger partial charge in [0.25, 0.3) is 0 Å². The third-order valence-corrected chi connectivity index (χ3v) is 4.51. The SMILES string of the molecule is CN=C(NCc1cnc(-c2ccc(Cl)cc2)s1)NC1CC1. The Morgan fingerprint density at radius 1 is 1.38 bits per heavy atom. The van der Waals surface area contributed by atoms with Crippen LogP contribution in [-0.4, -0.2) is 24.0 Å². The zero-order chi connectivity index (χ0) is 14.7. The first kappa shape index (κ1) is 14.4. The Balaban J connectivity index is 1.60. The molecule has 1 saturated carbocycles. The van der Waals surface area contributed by atoms with Crippen LogP contribution in [0.1, 0.15) is 17.7 Å². The van der Waals surface area contributed by atoms with Gasteiger partial charge in [-0.05, 0) is 25.0 Å². The van der Waals surface area contributed by atoms with E-state index in [0.29, 0.717) is 6.04 Å². The number of nitrogens with zero attached hydrogens (tertiary/aromatic N) is 2. The molecule has 1 heterocycles. The molecular weight excluding hydrogens is 304 g/mol. The van der Waals surface area contributed by atoms with Gasteiger partial charge < -0.3 is 10.6 Å². The van der Waals surface area contributed by atoms with Gasteiger partial charge in [0.05, 0.1) is 6.54 Å². The standard InChI is InChI=1S/C15H17ClN4S/c1-17-15(20-12-6-7-12)19-9-13-8-18-14(21-13)10-2-4-11(16)5-3-10/h2-5,8,12H,6-7,9H2,1H3,(H2,17,19,20). The van der Waals surface area contributed by atoms with Crippen LogP contribution >= 0.6 is 22.9 Å². The van der Waals surface area contributed by atoms with Gasteiger partial charge >= 0.3 is 0 Å². The van der Waals surface area contributed by atoms with Crippen molar-refractivity contribution in [1.29, 1.82) is 0 Å². The van der Waals surface area contributed by atoms with Crippen LogP contribution in [0, 0.1) is 0 Å². The molecule has 2 aromatic rings. The van der Waals surface area contributed by atoms with Crippen LogP contribution in [-0.2, 0) is 6.54 Å². The lowest BCUT2D eigenvalue weighted by Crippen LogP contribution is -2.37. The summed E-state index contributed by atoms with van der Waals surface area (Å²) in [5.74, 6) is 0.860. The number of hydrogen-bond acceptors (Lipinski definition) is 3. The number of benzene rings is 1. The van der Waals surface area contributed by atoms with Crippen molar-refractivity contribution in [2.45, 2.75) is 25.4 Å². The summed E-state index contributed by atoms with van der Waals surface area (Å²) in [6, 6.07) is 8.36. The first-order valence-electron chi connectivity index (χ1n) is 6.92. The van der Waals surface area contributed by atoms with Crippen molar-refractivity contribution >= 4 is 28.9 Å². The minimum absolute atomic E-state index is 0.599. The highest BCUT2D eigenvalue weighted by Crippen LogP contribution is 2.26. The predicted octanol–water partition coefficient (Wildman–Crippen LogP) is 3.29. The van der Waals surface area contributed by atoms with Gasteiger partial charge in [0.2, 0.25) is 0 Å². The maximum Gasteiger partial charge on any atom is 0.191 e. The maximum absolute atomic E-state index is 5.90. The molecule has 110 valence electrons. The molecule has 6 heteroatoms. The number of guanidine groups is 1. The Kier molecular flexibility index (Phi) is 4.41. The predicted molar refractivity (Wildman–Crippen MR) is 88.9 cm³/mol. The molecule has 0 bridgehead atoms. The van der Waals surface area contributed by atoms with E-state index >= 15 is 0 Å². The number of rotatable bonds is 4. The van der Waals surface area contributed by atoms with Gasteiger partial charge in [-0.3, -0.25) is 4.99 Å². The Morgan fingerprint density at radius 2 is 2.14 bits per heavy atom. The minimum Gasteiger partial charge on any atom is -0.354 e. The lowest BCUT2D eigenvalue weighted by molar-refractivity contribution is 0.811. The van der Waals surface area contributed by atoms with E-state index in [1.54, 1.807) is 18.4 Å². The van der Waals surface area contributed by atoms with Gasteiger partial charge in [-0.1, -0.05) is 23.7 Å². The fourth-order valence-electron chi connectivity index (χ4n) is 1.90. The van der Waals surface area contributed by atoms with Crippen LogP contribution in [0.5, 0.6) is 0 Å². The lowest BCUT2D eigenvalue weighted by atomic mass is 10.2. The van der Waals surface area contributed by atoms with Gasteiger partial charge in [-0.2, -0.15) is 0 Å². The minimum atomic E-state index is 0.599. The van der Waals surface area contributed by atoms with Crippen molar-refractivity contribution < 1.29 is 0 Å². The van der Waals surface area contributed by atoms with Crippen LogP contribution in [0.2, 0.25) is 5.02 Å². The Labute approximate surface area is 133 Å². The molecule has 4 nitrogen and oxygen atoms in total. The molecule has 1 aliphatic rings. The molecule has 0 spiro atoms. The molecular formula is C15H17ClN4S. The van der Waals surface area contributed by atoms with Crippen LogP contribution < -0.4 is 10.6 Å². The van der Waals surface area contributed by atoms with Crippen LogP contribution in [0.15, 0.2) is 35.5 Å². The Hall–Kier alpha value is -1.59. The number of halogens is 1. The van der Waals surface area contributed by atoms with Crippen molar-refractivity contribution in [2.24, 2.45) is 4.99 Å². The van der Waals surface area contributed by atoms with Crippen LogP contribution in [0.3, 0.4) is 0 Å². The summed E-state index contributed by atoms with van der Waals surface area (Å²) in [5.41, 5.74) is 1.09. The second kappa shape index (κ2) is 6.45. The number of hydrogen-bond donors (Lipinski definition) is 2. The highest BCUT2D eigenvalue weighted by molar-refractivity contribution is 7.15. The topological polar surface area (TPSA) is 49.3 Å². The summed E-state index contributed by atoms with van der Waals surface area (Å²) < 4.78 is 0. The second-order valence-corrected chi connectivity index (χ2v) is 6.53. The lowest BCUT2D eigenvalue weighted by Gasteiger charge is -2.09. The van der Waals surface area contributed by atoms with Crippen molar-refractivity contribution in [1.82, 2.24) is 15.6 Å². The second-order valence-electron chi connectivity index (χ2n) is 4.98. The largest absolute Gasteiger partial charge is 0.354 e. The van der Waals surface area contributed by atoms with E-state index in [4.69, 9.17) is 11.6 Å². The summed E-state index contributed by atoms with van der Waals surface area (Å²) in [6.07, 6.45) is 4.38. The monoisotopic (exact) mass is 320 g/mol. The molecule has 1 aromatic carbocycles. The van der Waals surface area contributed by atoms with E-state index in [0.717, 1.165) is 28.1 Å². The van der Waals surface area contributed by atoms with Gasteiger partial charge in [-0.15, -0.1) is 11.3 Å². The van der Waals surface area contributed by atoms with E-state index in [-0.39, 0.29) is 0 Å². The van der Waals surface area contributed by atoms with Crippen molar-refractivity contribution in [2.75, 3.05) is 7.05 Å². The molecule has 0 radical (unpaired) electrons. The van der Waals surface area contributed by atoms with Crippen molar-refractivity contribution in [3.8, 4) is 10.6 Å². The van der Waals surface area contributed by atoms with E-state index in [2.05, 4.69) is 20.6 Å². The van der Waals surface area contributed by atoms with Gasteiger partial charge in [0.15, 0.2) is 5.96 Å². The summed E-state index contributed by atoms with van der Waals surface area (Å²) in [6.45, 7) is 0.734. The molecule has 1 aliphatic carbocycles. The normalized spacial score (nSPS) is 15.0. The van der Waals surface area contributed by atoms with E-state index in [1.807, 2.05) is 30.5 Å². The summed E-state index contributed by atoms with van der Waals surface area (Å²) in [4.78, 5) is 9.87. The number of nitrogens with one attached hydrogen (secondary N) is 2. The molecule has 0 saturated heterocycles. The molecule has 1 fully saturated rings. The number of aromatic nitrogens is 1. The summed E-state index contributed by atoms with van der Waals surface area (Å²) in [5, 5.41) is 8.43. The van der Waals surface area contributed by atoms with Crippen molar-refractivity contribution in [3.63, 3.8) is 0 Å². The maximum atomic E-state index is 5.90. The molecule has 2 N–H and O–H groups in total. The molecule has 0 aliphatic heterocycles. The van der Waals surface area contributed by atoms with Gasteiger partial charge in [0.1, 0.15) is 5.01 Å². The molecule has 21 heavy (non-hydrogen) atoms. The summed E-state index contributed by atoms with van der Waals surface area (Å²) >= 11 is 7.58. The van der Waals surface area contributed by atoms with Crippen molar-refractivity contribution in [3.05, 3.63) is 40.4 Å². The Morgan fingerprint density at radius 3 is 2.81 bits per heavy atom. The molecule has 0 unspecified atom stereocenters. The first-order valence-corrected chi connectivity index (χ1v) is 8.12. The average molecular weight is 321 g/mol. The number of aliphatic imine (C=N–C) groups is 1. The van der Waals surface area contributed by atoms with Crippen LogP contribution in [0.25, 0.3) is 10.6 Å². The quantitative estimate of drug-likeness (QED) is 0.671. The number of thiazole rings is 1. The fourth-order valence-corrected chi connectivity index (χ4v) is 2.89. The zero-order valence-corrected chi connectivity index (χ0v) is 13.3. The van der Waals surface area contributed by atoms with E-state index in [1.165, 1.54) is 17.7 Å². The third kappa shape index (κ3) is 3.95. The highest BCUT2D eigenvalue weighted by Gasteiger charge is 2.22. The zero-order valence-electron chi connectivity index (χ0n) is 11.8. The fraction of sp³-hybridized carbons (Fsp3) is 0.333. The first-order chi connectivity index (χ1) is 10.2.